The Labute approximate surface area is 166 Å². The standard InChI is InChI=1S/C19H21NO7S/c1-5-26-19(24)16-10(2)11(3)28-17(16)20-15(22)9-27-18(23)13-7-6-12(25-4)8-14(13)21/h6-8,21H,5,9H2,1-4H3,(H,20,22). The van der Waals surface area contributed by atoms with Gasteiger partial charge >= 0.3 is 11.9 Å². The van der Waals surface area contributed by atoms with Crippen LogP contribution < -0.4 is 10.1 Å². The van der Waals surface area contributed by atoms with Crippen molar-refractivity contribution in [3.05, 3.63) is 39.8 Å². The Morgan fingerprint density at radius 3 is 2.46 bits per heavy atom. The number of ether oxygens (including phenoxy) is 3. The first-order valence-corrected chi connectivity index (χ1v) is 9.21. The molecule has 0 aliphatic rings. The van der Waals surface area contributed by atoms with Gasteiger partial charge in [0.25, 0.3) is 5.91 Å². The molecule has 0 saturated heterocycles. The highest BCUT2D eigenvalue weighted by molar-refractivity contribution is 7.16. The summed E-state index contributed by atoms with van der Waals surface area (Å²) in [6.07, 6.45) is 0. The fourth-order valence-corrected chi connectivity index (χ4v) is 3.41. The third-order valence-corrected chi connectivity index (χ3v) is 5.00. The van der Waals surface area contributed by atoms with E-state index in [0.29, 0.717) is 10.8 Å². The van der Waals surface area contributed by atoms with Crippen LogP contribution in [0.5, 0.6) is 11.5 Å². The lowest BCUT2D eigenvalue weighted by Gasteiger charge is -2.09. The zero-order valence-electron chi connectivity index (χ0n) is 16.0. The lowest BCUT2D eigenvalue weighted by Crippen LogP contribution is -2.21. The number of aryl methyl sites for hydroxylation is 1. The maximum absolute atomic E-state index is 12.2. The summed E-state index contributed by atoms with van der Waals surface area (Å²) in [4.78, 5) is 37.2. The van der Waals surface area contributed by atoms with Crippen molar-refractivity contribution in [2.45, 2.75) is 20.8 Å². The number of phenolic OH excluding ortho intramolecular Hbond substituents is 1. The van der Waals surface area contributed by atoms with E-state index in [1.807, 2.05) is 6.92 Å². The summed E-state index contributed by atoms with van der Waals surface area (Å²) in [5.41, 5.74) is 0.916. The van der Waals surface area contributed by atoms with E-state index in [4.69, 9.17) is 14.2 Å². The molecule has 1 aromatic heterocycles. The molecule has 150 valence electrons. The topological polar surface area (TPSA) is 111 Å². The molecule has 2 aromatic rings. The number of hydrogen-bond donors (Lipinski definition) is 2. The Bertz CT molecular complexity index is 904. The number of carbonyl (C=O) groups excluding carboxylic acids is 3. The predicted molar refractivity (Wildman–Crippen MR) is 103 cm³/mol. The molecule has 9 heteroatoms. The molecule has 0 bridgehead atoms. The second-order valence-electron chi connectivity index (χ2n) is 5.72. The number of amides is 1. The number of methoxy groups -OCH3 is 1. The zero-order valence-corrected chi connectivity index (χ0v) is 16.8. The van der Waals surface area contributed by atoms with Crippen LogP contribution in [0.25, 0.3) is 0 Å². The molecule has 0 aliphatic heterocycles. The third-order valence-electron chi connectivity index (χ3n) is 3.88. The molecule has 0 fully saturated rings. The van der Waals surface area contributed by atoms with Crippen LogP contribution in [-0.4, -0.2) is 43.3 Å². The molecule has 0 aliphatic carbocycles. The van der Waals surface area contributed by atoms with Crippen molar-refractivity contribution < 1.29 is 33.7 Å². The highest BCUT2D eigenvalue weighted by Gasteiger charge is 2.23. The summed E-state index contributed by atoms with van der Waals surface area (Å²) in [7, 11) is 1.43. The molecule has 2 N–H and O–H groups in total. The molecule has 0 saturated carbocycles. The molecule has 1 heterocycles. The molecule has 0 unspecified atom stereocenters. The van der Waals surface area contributed by atoms with Crippen LogP contribution in [0.1, 0.15) is 38.1 Å². The van der Waals surface area contributed by atoms with E-state index in [1.54, 1.807) is 13.8 Å². The van der Waals surface area contributed by atoms with E-state index in [-0.39, 0.29) is 23.5 Å². The van der Waals surface area contributed by atoms with Gasteiger partial charge in [0.1, 0.15) is 22.1 Å². The van der Waals surface area contributed by atoms with E-state index in [0.717, 1.165) is 10.4 Å². The minimum absolute atomic E-state index is 0.0939. The number of rotatable bonds is 7. The maximum atomic E-state index is 12.2. The van der Waals surface area contributed by atoms with Gasteiger partial charge in [-0.15, -0.1) is 11.3 Å². The van der Waals surface area contributed by atoms with Gasteiger partial charge in [-0.3, -0.25) is 4.79 Å². The minimum Gasteiger partial charge on any atom is -0.507 e. The van der Waals surface area contributed by atoms with Gasteiger partial charge in [-0.2, -0.15) is 0 Å². The SMILES string of the molecule is CCOC(=O)c1c(NC(=O)COC(=O)c2ccc(OC)cc2O)sc(C)c1C. The van der Waals surface area contributed by atoms with Gasteiger partial charge in [-0.25, -0.2) is 9.59 Å². The van der Waals surface area contributed by atoms with E-state index in [1.165, 1.54) is 36.6 Å². The van der Waals surface area contributed by atoms with Crippen molar-refractivity contribution >= 4 is 34.2 Å². The van der Waals surface area contributed by atoms with E-state index < -0.39 is 24.5 Å². The van der Waals surface area contributed by atoms with Gasteiger partial charge in [0.2, 0.25) is 0 Å². The van der Waals surface area contributed by atoms with Crippen molar-refractivity contribution in [2.75, 3.05) is 25.6 Å². The van der Waals surface area contributed by atoms with E-state index in [2.05, 4.69) is 5.32 Å². The predicted octanol–water partition coefficient (Wildman–Crippen LogP) is 3.05. The van der Waals surface area contributed by atoms with Crippen LogP contribution in [0.15, 0.2) is 18.2 Å². The Morgan fingerprint density at radius 2 is 1.86 bits per heavy atom. The van der Waals surface area contributed by atoms with E-state index >= 15 is 0 Å². The lowest BCUT2D eigenvalue weighted by molar-refractivity contribution is -0.119. The molecule has 0 spiro atoms. The van der Waals surface area contributed by atoms with Crippen LogP contribution in [0.3, 0.4) is 0 Å². The van der Waals surface area contributed by atoms with Crippen LogP contribution in [0.4, 0.5) is 5.00 Å². The molecular formula is C19H21NO7S. The first-order chi connectivity index (χ1) is 13.3. The Balaban J connectivity index is 2.04. The monoisotopic (exact) mass is 407 g/mol. The largest absolute Gasteiger partial charge is 0.507 e. The Kier molecular flexibility index (Phi) is 7.00. The average molecular weight is 407 g/mol. The number of esters is 2. The van der Waals surface area contributed by atoms with Crippen molar-refractivity contribution in [3.8, 4) is 11.5 Å². The van der Waals surface area contributed by atoms with E-state index in [9.17, 15) is 19.5 Å². The number of phenols is 1. The second-order valence-corrected chi connectivity index (χ2v) is 6.94. The summed E-state index contributed by atoms with van der Waals surface area (Å²) in [6, 6.07) is 4.08. The minimum atomic E-state index is -0.862. The van der Waals surface area contributed by atoms with Gasteiger partial charge < -0.3 is 24.6 Å². The molecule has 2 rings (SSSR count). The number of thiophene rings is 1. The molecule has 1 amide bonds. The smallest absolute Gasteiger partial charge is 0.342 e. The van der Waals surface area contributed by atoms with Crippen molar-refractivity contribution in [1.82, 2.24) is 0 Å². The van der Waals surface area contributed by atoms with Crippen LogP contribution in [0, 0.1) is 13.8 Å². The molecule has 0 radical (unpaired) electrons. The van der Waals surface area contributed by atoms with Crippen LogP contribution in [-0.2, 0) is 14.3 Å². The van der Waals surface area contributed by atoms with Gasteiger partial charge in [-0.05, 0) is 38.5 Å². The first-order valence-electron chi connectivity index (χ1n) is 8.39. The average Bonchev–Trinajstić information content (AvgIpc) is 2.93. The second kappa shape index (κ2) is 9.23. The number of hydrogen-bond acceptors (Lipinski definition) is 8. The Hall–Kier alpha value is -3.07. The highest BCUT2D eigenvalue weighted by atomic mass is 32.1. The number of benzene rings is 1. The Morgan fingerprint density at radius 1 is 1.14 bits per heavy atom. The normalized spacial score (nSPS) is 10.3. The summed E-state index contributed by atoms with van der Waals surface area (Å²) in [5, 5.41) is 12.7. The zero-order chi connectivity index (χ0) is 20.8. The van der Waals surface area contributed by atoms with Gasteiger partial charge in [0.15, 0.2) is 6.61 Å². The molecule has 28 heavy (non-hydrogen) atoms. The van der Waals surface area contributed by atoms with Gasteiger partial charge in [-0.1, -0.05) is 0 Å². The van der Waals surface area contributed by atoms with Crippen molar-refractivity contribution in [1.29, 1.82) is 0 Å². The van der Waals surface area contributed by atoms with Crippen LogP contribution in [0.2, 0.25) is 0 Å². The van der Waals surface area contributed by atoms with Gasteiger partial charge in [0.05, 0.1) is 19.3 Å². The van der Waals surface area contributed by atoms with Gasteiger partial charge in [0, 0.05) is 10.9 Å². The van der Waals surface area contributed by atoms with Crippen molar-refractivity contribution in [3.63, 3.8) is 0 Å². The fourth-order valence-electron chi connectivity index (χ4n) is 2.35. The van der Waals surface area contributed by atoms with Crippen molar-refractivity contribution in [2.24, 2.45) is 0 Å². The molecule has 1 aromatic carbocycles. The molecular weight excluding hydrogens is 386 g/mol. The number of nitrogens with one attached hydrogen (secondary N) is 1. The molecule has 0 atom stereocenters. The maximum Gasteiger partial charge on any atom is 0.342 e. The number of anilines is 1. The van der Waals surface area contributed by atoms with Crippen LogP contribution >= 0.6 is 11.3 Å². The highest BCUT2D eigenvalue weighted by Crippen LogP contribution is 2.33. The quantitative estimate of drug-likeness (QED) is 0.679. The lowest BCUT2D eigenvalue weighted by atomic mass is 10.1. The summed E-state index contributed by atoms with van der Waals surface area (Å²) in [6.45, 7) is 4.91. The fraction of sp³-hybridized carbons (Fsp3) is 0.316. The number of aromatic hydroxyl groups is 1. The number of carbonyl (C=O) groups is 3. The summed E-state index contributed by atoms with van der Waals surface area (Å²) >= 11 is 1.23. The third kappa shape index (κ3) is 4.80. The summed E-state index contributed by atoms with van der Waals surface area (Å²) < 4.78 is 14.9. The first kappa shape index (κ1) is 21.2. The summed E-state index contributed by atoms with van der Waals surface area (Å²) in [5.74, 6) is -1.95. The molecule has 8 nitrogen and oxygen atoms in total.